The van der Waals surface area contributed by atoms with E-state index in [0.29, 0.717) is 24.2 Å². The lowest BCUT2D eigenvalue weighted by Crippen LogP contribution is -2.38. The van der Waals surface area contributed by atoms with Crippen LogP contribution < -0.4 is 0 Å². The highest BCUT2D eigenvalue weighted by molar-refractivity contribution is 7.99. The van der Waals surface area contributed by atoms with Crippen LogP contribution in [0, 0.1) is 5.82 Å². The Kier molecular flexibility index (Phi) is 6.81. The highest BCUT2D eigenvalue weighted by Gasteiger charge is 2.22. The van der Waals surface area contributed by atoms with E-state index in [1.54, 1.807) is 23.5 Å². The number of aromatic nitrogens is 5. The molecule has 1 aromatic carbocycles. The average molecular weight is 487 g/mol. The van der Waals surface area contributed by atoms with Gasteiger partial charge in [0.2, 0.25) is 5.89 Å². The summed E-state index contributed by atoms with van der Waals surface area (Å²) in [6, 6.07) is 10.3. The molecule has 0 spiro atoms. The summed E-state index contributed by atoms with van der Waals surface area (Å²) in [6.45, 7) is 6.86. The van der Waals surface area contributed by atoms with Crippen molar-refractivity contribution in [3.63, 3.8) is 0 Å². The minimum absolute atomic E-state index is 0.112. The highest BCUT2D eigenvalue weighted by atomic mass is 32.2. The number of morpholine rings is 1. The largest absolute Gasteiger partial charge is 0.419 e. The van der Waals surface area contributed by atoms with Crippen LogP contribution in [0.2, 0.25) is 0 Å². The fourth-order valence-electron chi connectivity index (χ4n) is 3.56. The minimum atomic E-state index is -0.278. The zero-order valence-electron chi connectivity index (χ0n) is 18.1. The number of benzene rings is 1. The maximum absolute atomic E-state index is 13.5. The van der Waals surface area contributed by atoms with E-state index in [1.807, 2.05) is 24.4 Å². The van der Waals surface area contributed by atoms with E-state index >= 15 is 0 Å². The Morgan fingerprint density at radius 3 is 2.64 bits per heavy atom. The van der Waals surface area contributed by atoms with Crippen LogP contribution in [0.1, 0.15) is 18.1 Å². The Hall–Kier alpha value is -2.60. The summed E-state index contributed by atoms with van der Waals surface area (Å²) in [6.07, 6.45) is 0. The van der Waals surface area contributed by atoms with Crippen molar-refractivity contribution in [2.45, 2.75) is 23.9 Å². The lowest BCUT2D eigenvalue weighted by atomic mass is 10.2. The van der Waals surface area contributed by atoms with Crippen molar-refractivity contribution in [3.05, 3.63) is 53.5 Å². The van der Waals surface area contributed by atoms with Crippen molar-refractivity contribution in [2.24, 2.45) is 0 Å². The zero-order chi connectivity index (χ0) is 22.6. The first-order valence-corrected chi connectivity index (χ1v) is 12.5. The summed E-state index contributed by atoms with van der Waals surface area (Å²) in [5.41, 5.74) is 0.822. The van der Waals surface area contributed by atoms with E-state index in [4.69, 9.17) is 9.15 Å². The molecule has 1 saturated heterocycles. The second-order valence-corrected chi connectivity index (χ2v) is 9.86. The molecule has 1 aliphatic heterocycles. The molecule has 11 heteroatoms. The number of hydrogen-bond acceptors (Lipinski definition) is 9. The van der Waals surface area contributed by atoms with E-state index in [0.717, 1.165) is 48.4 Å². The van der Waals surface area contributed by atoms with E-state index < -0.39 is 0 Å². The topological polar surface area (TPSA) is 82.1 Å². The Labute approximate surface area is 198 Å². The molecule has 0 radical (unpaired) electrons. The van der Waals surface area contributed by atoms with Gasteiger partial charge in [0.1, 0.15) is 5.82 Å². The van der Waals surface area contributed by atoms with Gasteiger partial charge in [0, 0.05) is 31.7 Å². The standard InChI is InChI=1S/C22H23FN6O2S2/c1-15(20-25-26-21(31-20)18-3-2-14-32-18)33-22-27-24-19(16-4-6-17(23)7-5-16)29(22)9-8-28-10-12-30-13-11-28/h2-7,14-15H,8-13H2,1H3. The third kappa shape index (κ3) is 5.16. The van der Waals surface area contributed by atoms with Gasteiger partial charge in [0.05, 0.1) is 23.3 Å². The summed E-state index contributed by atoms with van der Waals surface area (Å²) < 4.78 is 26.9. The first kappa shape index (κ1) is 22.2. The van der Waals surface area contributed by atoms with Crippen molar-refractivity contribution in [3.8, 4) is 22.2 Å². The molecule has 3 aromatic heterocycles. The molecule has 1 aliphatic rings. The van der Waals surface area contributed by atoms with Crippen LogP contribution >= 0.6 is 23.1 Å². The van der Waals surface area contributed by atoms with Gasteiger partial charge in [-0.05, 0) is 42.6 Å². The van der Waals surface area contributed by atoms with Gasteiger partial charge >= 0.3 is 0 Å². The number of thioether (sulfide) groups is 1. The van der Waals surface area contributed by atoms with Gasteiger partial charge in [-0.3, -0.25) is 4.90 Å². The fourth-order valence-corrected chi connectivity index (χ4v) is 5.11. The zero-order valence-corrected chi connectivity index (χ0v) is 19.7. The fraction of sp³-hybridized carbons (Fsp3) is 0.364. The molecular formula is C22H23FN6O2S2. The van der Waals surface area contributed by atoms with E-state index in [2.05, 4.69) is 29.9 Å². The van der Waals surface area contributed by atoms with E-state index in [1.165, 1.54) is 23.9 Å². The minimum Gasteiger partial charge on any atom is -0.419 e. The Balaban J connectivity index is 1.38. The van der Waals surface area contributed by atoms with E-state index in [-0.39, 0.29) is 11.1 Å². The van der Waals surface area contributed by atoms with Crippen molar-refractivity contribution in [2.75, 3.05) is 32.8 Å². The number of halogens is 1. The monoisotopic (exact) mass is 486 g/mol. The summed E-state index contributed by atoms with van der Waals surface area (Å²) in [5, 5.41) is 19.9. The number of thiophene rings is 1. The lowest BCUT2D eigenvalue weighted by molar-refractivity contribution is 0.0361. The van der Waals surface area contributed by atoms with Crippen molar-refractivity contribution >= 4 is 23.1 Å². The quantitative estimate of drug-likeness (QED) is 0.340. The molecule has 4 heterocycles. The average Bonchev–Trinajstić information content (AvgIpc) is 3.60. The Morgan fingerprint density at radius 1 is 1.06 bits per heavy atom. The molecule has 0 aliphatic carbocycles. The molecule has 1 unspecified atom stereocenters. The van der Waals surface area contributed by atoms with Crippen LogP contribution in [-0.2, 0) is 11.3 Å². The maximum atomic E-state index is 13.5. The number of rotatable bonds is 8. The maximum Gasteiger partial charge on any atom is 0.257 e. The van der Waals surface area contributed by atoms with E-state index in [9.17, 15) is 4.39 Å². The summed E-state index contributed by atoms with van der Waals surface area (Å²) in [5.74, 6) is 1.49. The van der Waals surface area contributed by atoms with Gasteiger partial charge in [-0.15, -0.1) is 31.7 Å². The summed E-state index contributed by atoms with van der Waals surface area (Å²) in [7, 11) is 0. The van der Waals surface area contributed by atoms with Crippen molar-refractivity contribution < 1.29 is 13.5 Å². The smallest absolute Gasteiger partial charge is 0.257 e. The predicted molar refractivity (Wildman–Crippen MR) is 125 cm³/mol. The molecule has 1 fully saturated rings. The second kappa shape index (κ2) is 10.1. The Bertz CT molecular complexity index is 1170. The van der Waals surface area contributed by atoms with Crippen molar-refractivity contribution in [1.29, 1.82) is 0 Å². The van der Waals surface area contributed by atoms with Gasteiger partial charge in [-0.25, -0.2) is 4.39 Å². The van der Waals surface area contributed by atoms with Crippen LogP contribution in [-0.4, -0.2) is 62.7 Å². The molecule has 0 N–H and O–H groups in total. The molecule has 0 bridgehead atoms. The first-order chi connectivity index (χ1) is 16.2. The molecule has 33 heavy (non-hydrogen) atoms. The SMILES string of the molecule is CC(Sc1nnc(-c2ccc(F)cc2)n1CCN1CCOCC1)c1nnc(-c2cccs2)o1. The van der Waals surface area contributed by atoms with Crippen LogP contribution in [0.25, 0.3) is 22.2 Å². The van der Waals surface area contributed by atoms with Crippen LogP contribution in [0.5, 0.6) is 0 Å². The summed E-state index contributed by atoms with van der Waals surface area (Å²) in [4.78, 5) is 3.31. The molecule has 0 amide bonds. The number of hydrogen-bond donors (Lipinski definition) is 0. The molecule has 4 aromatic rings. The number of ether oxygens (including phenoxy) is 1. The van der Waals surface area contributed by atoms with Gasteiger partial charge in [0.15, 0.2) is 11.0 Å². The van der Waals surface area contributed by atoms with Gasteiger partial charge < -0.3 is 13.7 Å². The van der Waals surface area contributed by atoms with Crippen molar-refractivity contribution in [1.82, 2.24) is 29.9 Å². The third-order valence-corrected chi connectivity index (χ3v) is 7.29. The van der Waals surface area contributed by atoms with Crippen LogP contribution in [0.3, 0.4) is 0 Å². The molecule has 1 atom stereocenters. The molecule has 172 valence electrons. The van der Waals surface area contributed by atoms with Gasteiger partial charge in [-0.2, -0.15) is 0 Å². The third-order valence-electron chi connectivity index (χ3n) is 5.37. The predicted octanol–water partition coefficient (Wildman–Crippen LogP) is 4.38. The second-order valence-electron chi connectivity index (χ2n) is 7.60. The van der Waals surface area contributed by atoms with Crippen LogP contribution in [0.4, 0.5) is 4.39 Å². The molecule has 5 rings (SSSR count). The lowest BCUT2D eigenvalue weighted by Gasteiger charge is -2.27. The van der Waals surface area contributed by atoms with Crippen LogP contribution in [0.15, 0.2) is 51.4 Å². The molecule has 0 saturated carbocycles. The number of nitrogens with zero attached hydrogens (tertiary/aromatic N) is 6. The van der Waals surface area contributed by atoms with Gasteiger partial charge in [-0.1, -0.05) is 17.8 Å². The normalized spacial score (nSPS) is 15.7. The molecule has 8 nitrogen and oxygen atoms in total. The first-order valence-electron chi connectivity index (χ1n) is 10.7. The van der Waals surface area contributed by atoms with Gasteiger partial charge in [0.25, 0.3) is 5.89 Å². The highest BCUT2D eigenvalue weighted by Crippen LogP contribution is 2.36. The summed E-state index contributed by atoms with van der Waals surface area (Å²) >= 11 is 3.08. The Morgan fingerprint density at radius 2 is 1.88 bits per heavy atom. The molecular weight excluding hydrogens is 463 g/mol.